The van der Waals surface area contributed by atoms with E-state index in [1.807, 2.05) is 0 Å². The largest absolute Gasteiger partial charge is 0.492 e. The minimum absolute atomic E-state index is 0.145. The molecule has 0 radical (unpaired) electrons. The fraction of sp³-hybridized carbons (Fsp3) is 0.167. The smallest absolute Gasteiger partial charge is 0.305 e. The highest BCUT2D eigenvalue weighted by atomic mass is 16.6. The van der Waals surface area contributed by atoms with E-state index in [0.717, 1.165) is 12.4 Å². The van der Waals surface area contributed by atoms with Crippen LogP contribution in [0.1, 0.15) is 0 Å². The Labute approximate surface area is 114 Å². The average Bonchev–Trinajstić information content (AvgIpc) is 2.46. The van der Waals surface area contributed by atoms with E-state index in [2.05, 4.69) is 15.3 Å². The summed E-state index contributed by atoms with van der Waals surface area (Å²) in [5, 5.41) is 13.3. The van der Waals surface area contributed by atoms with Crippen molar-refractivity contribution in [1.29, 1.82) is 0 Å². The molecule has 3 N–H and O–H groups in total. The SMILES string of the molecule is Nc1ccc(OCCNc2ncc([N+](=O)[O-])cn2)cc1. The van der Waals surface area contributed by atoms with Crippen LogP contribution in [-0.4, -0.2) is 28.0 Å². The summed E-state index contributed by atoms with van der Waals surface area (Å²) >= 11 is 0. The van der Waals surface area contributed by atoms with Gasteiger partial charge in [0.25, 0.3) is 0 Å². The van der Waals surface area contributed by atoms with E-state index in [1.165, 1.54) is 0 Å². The molecule has 0 amide bonds. The molecular weight excluding hydrogens is 262 g/mol. The Bertz CT molecular complexity index is 571. The van der Waals surface area contributed by atoms with Crippen LogP contribution >= 0.6 is 0 Å². The molecule has 2 rings (SSSR count). The van der Waals surface area contributed by atoms with Crippen molar-refractivity contribution in [3.8, 4) is 5.75 Å². The van der Waals surface area contributed by atoms with Gasteiger partial charge >= 0.3 is 5.69 Å². The number of aromatic nitrogens is 2. The lowest BCUT2D eigenvalue weighted by molar-refractivity contribution is -0.385. The van der Waals surface area contributed by atoms with Crippen LogP contribution in [0.3, 0.4) is 0 Å². The van der Waals surface area contributed by atoms with Crippen molar-refractivity contribution in [1.82, 2.24) is 9.97 Å². The number of hydrogen-bond donors (Lipinski definition) is 2. The van der Waals surface area contributed by atoms with Gasteiger partial charge in [-0.2, -0.15) is 0 Å². The van der Waals surface area contributed by atoms with Crippen LogP contribution in [0.2, 0.25) is 0 Å². The summed E-state index contributed by atoms with van der Waals surface area (Å²) in [7, 11) is 0. The number of rotatable bonds is 6. The van der Waals surface area contributed by atoms with Crippen molar-refractivity contribution in [2.75, 3.05) is 24.2 Å². The summed E-state index contributed by atoms with van der Waals surface area (Å²) in [4.78, 5) is 17.5. The molecule has 8 nitrogen and oxygen atoms in total. The van der Waals surface area contributed by atoms with Gasteiger partial charge in [-0.25, -0.2) is 9.97 Å². The van der Waals surface area contributed by atoms with E-state index in [1.54, 1.807) is 24.3 Å². The number of nitrogens with zero attached hydrogens (tertiary/aromatic N) is 3. The first kappa shape index (κ1) is 13.5. The van der Waals surface area contributed by atoms with E-state index < -0.39 is 4.92 Å². The Kier molecular flexibility index (Phi) is 4.28. The van der Waals surface area contributed by atoms with Gasteiger partial charge in [0.1, 0.15) is 24.8 Å². The number of nitrogen functional groups attached to an aromatic ring is 1. The third kappa shape index (κ3) is 3.80. The summed E-state index contributed by atoms with van der Waals surface area (Å²) in [5.74, 6) is 1.03. The number of anilines is 2. The monoisotopic (exact) mass is 275 g/mol. The highest BCUT2D eigenvalue weighted by Gasteiger charge is 2.05. The topological polar surface area (TPSA) is 116 Å². The first-order valence-electron chi connectivity index (χ1n) is 5.84. The van der Waals surface area contributed by atoms with Gasteiger partial charge in [0.05, 0.1) is 11.5 Å². The molecular formula is C12H13N5O3. The molecule has 0 aliphatic heterocycles. The minimum Gasteiger partial charge on any atom is -0.492 e. The van der Waals surface area contributed by atoms with Gasteiger partial charge in [0, 0.05) is 5.69 Å². The zero-order chi connectivity index (χ0) is 14.4. The third-order valence-electron chi connectivity index (χ3n) is 2.38. The lowest BCUT2D eigenvalue weighted by atomic mass is 10.3. The normalized spacial score (nSPS) is 10.0. The molecule has 1 aromatic heterocycles. The Morgan fingerprint density at radius 3 is 2.50 bits per heavy atom. The zero-order valence-electron chi connectivity index (χ0n) is 10.5. The van der Waals surface area contributed by atoms with Crippen LogP contribution in [-0.2, 0) is 0 Å². The predicted molar refractivity (Wildman–Crippen MR) is 73.5 cm³/mol. The van der Waals surface area contributed by atoms with Crippen LogP contribution in [0, 0.1) is 10.1 Å². The van der Waals surface area contributed by atoms with E-state index in [9.17, 15) is 10.1 Å². The molecule has 0 atom stereocenters. The van der Waals surface area contributed by atoms with Crippen molar-refractivity contribution < 1.29 is 9.66 Å². The molecule has 0 aliphatic carbocycles. The standard InChI is InChI=1S/C12H13N5O3/c13-9-1-3-11(4-2-9)20-6-5-14-12-15-7-10(8-16-12)17(18)19/h1-4,7-8H,5-6,13H2,(H,14,15,16). The molecule has 0 saturated carbocycles. The molecule has 8 heteroatoms. The van der Waals surface area contributed by atoms with Gasteiger partial charge in [-0.15, -0.1) is 0 Å². The number of benzene rings is 1. The van der Waals surface area contributed by atoms with Gasteiger partial charge < -0.3 is 15.8 Å². The minimum atomic E-state index is -0.548. The summed E-state index contributed by atoms with van der Waals surface area (Å²) < 4.78 is 5.46. The molecule has 0 spiro atoms. The molecule has 0 aliphatic rings. The summed E-state index contributed by atoms with van der Waals surface area (Å²) in [5.41, 5.74) is 6.09. The molecule has 0 bridgehead atoms. The molecule has 1 heterocycles. The van der Waals surface area contributed by atoms with E-state index >= 15 is 0 Å². The second-order valence-electron chi connectivity index (χ2n) is 3.87. The van der Waals surface area contributed by atoms with Gasteiger partial charge in [0.2, 0.25) is 5.95 Å². The van der Waals surface area contributed by atoms with Gasteiger partial charge in [0.15, 0.2) is 0 Å². The van der Waals surface area contributed by atoms with Crippen LogP contribution in [0.5, 0.6) is 5.75 Å². The predicted octanol–water partition coefficient (Wildman–Crippen LogP) is 1.46. The van der Waals surface area contributed by atoms with Crippen molar-refractivity contribution in [3.63, 3.8) is 0 Å². The summed E-state index contributed by atoms with van der Waals surface area (Å²) in [6.07, 6.45) is 2.30. The third-order valence-corrected chi connectivity index (χ3v) is 2.38. The first-order chi connectivity index (χ1) is 9.65. The highest BCUT2D eigenvalue weighted by molar-refractivity contribution is 5.41. The first-order valence-corrected chi connectivity index (χ1v) is 5.84. The van der Waals surface area contributed by atoms with Crippen molar-refractivity contribution >= 4 is 17.3 Å². The maximum atomic E-state index is 10.4. The van der Waals surface area contributed by atoms with E-state index in [-0.39, 0.29) is 5.69 Å². The Morgan fingerprint density at radius 2 is 1.90 bits per heavy atom. The van der Waals surface area contributed by atoms with Crippen LogP contribution in [0.25, 0.3) is 0 Å². The van der Waals surface area contributed by atoms with Gasteiger partial charge in [-0.1, -0.05) is 0 Å². The van der Waals surface area contributed by atoms with E-state index in [0.29, 0.717) is 30.5 Å². The summed E-state index contributed by atoms with van der Waals surface area (Å²) in [6, 6.07) is 7.06. The molecule has 0 saturated heterocycles. The van der Waals surface area contributed by atoms with E-state index in [4.69, 9.17) is 10.5 Å². The number of ether oxygens (including phenoxy) is 1. The molecule has 0 unspecified atom stereocenters. The number of nitrogens with two attached hydrogens (primary N) is 1. The second kappa shape index (κ2) is 6.32. The van der Waals surface area contributed by atoms with Crippen LogP contribution < -0.4 is 15.8 Å². The lowest BCUT2D eigenvalue weighted by Crippen LogP contribution is -2.13. The number of hydrogen-bond acceptors (Lipinski definition) is 7. The highest BCUT2D eigenvalue weighted by Crippen LogP contribution is 2.13. The number of nitrogens with one attached hydrogen (secondary N) is 1. The Hall–Kier alpha value is -2.90. The average molecular weight is 275 g/mol. The Balaban J connectivity index is 1.75. The molecule has 104 valence electrons. The number of nitro groups is 1. The quantitative estimate of drug-likeness (QED) is 0.354. The van der Waals surface area contributed by atoms with Gasteiger partial charge in [-0.3, -0.25) is 10.1 Å². The molecule has 0 fully saturated rings. The zero-order valence-corrected chi connectivity index (χ0v) is 10.5. The molecule has 1 aromatic carbocycles. The maximum Gasteiger partial charge on any atom is 0.305 e. The Morgan fingerprint density at radius 1 is 1.25 bits per heavy atom. The molecule has 2 aromatic rings. The fourth-order valence-electron chi connectivity index (χ4n) is 1.40. The van der Waals surface area contributed by atoms with Crippen LogP contribution in [0.15, 0.2) is 36.7 Å². The van der Waals surface area contributed by atoms with Gasteiger partial charge in [-0.05, 0) is 24.3 Å². The fourth-order valence-corrected chi connectivity index (χ4v) is 1.40. The second-order valence-corrected chi connectivity index (χ2v) is 3.87. The van der Waals surface area contributed by atoms with Crippen LogP contribution in [0.4, 0.5) is 17.3 Å². The van der Waals surface area contributed by atoms with Crippen molar-refractivity contribution in [3.05, 3.63) is 46.8 Å². The van der Waals surface area contributed by atoms with Crippen molar-refractivity contribution in [2.24, 2.45) is 0 Å². The maximum absolute atomic E-state index is 10.4. The summed E-state index contributed by atoms with van der Waals surface area (Å²) in [6.45, 7) is 0.881. The van der Waals surface area contributed by atoms with Crippen molar-refractivity contribution in [2.45, 2.75) is 0 Å². The lowest BCUT2D eigenvalue weighted by Gasteiger charge is -2.07. The molecule has 20 heavy (non-hydrogen) atoms.